The van der Waals surface area contributed by atoms with Crippen molar-refractivity contribution in [3.8, 4) is 0 Å². The molecule has 0 radical (unpaired) electrons. The molecule has 1 atom stereocenters. The second-order valence-electron chi connectivity index (χ2n) is 5.89. The number of benzene rings is 1. The van der Waals surface area contributed by atoms with Gasteiger partial charge in [0.05, 0.1) is 0 Å². The zero-order valence-electron chi connectivity index (χ0n) is 12.7. The first kappa shape index (κ1) is 15.0. The standard InChI is InChI=1S/C18H26N2/c1-15-6-9-17(10-7-15)11-8-16(2)13-20(3)14-18-5-4-12-19-18/h6-11,18-19H,2,4-5,12-14H2,1,3H3/b11-8+. The number of aryl methyl sites for hydroxylation is 1. The highest BCUT2D eigenvalue weighted by Gasteiger charge is 2.15. The average Bonchev–Trinajstić information content (AvgIpc) is 2.90. The van der Waals surface area contributed by atoms with Gasteiger partial charge >= 0.3 is 0 Å². The van der Waals surface area contributed by atoms with E-state index in [4.69, 9.17) is 0 Å². The maximum Gasteiger partial charge on any atom is 0.0225 e. The van der Waals surface area contributed by atoms with Crippen LogP contribution in [-0.4, -0.2) is 37.6 Å². The van der Waals surface area contributed by atoms with E-state index in [1.807, 2.05) is 0 Å². The number of nitrogens with zero attached hydrogens (tertiary/aromatic N) is 1. The topological polar surface area (TPSA) is 15.3 Å². The summed E-state index contributed by atoms with van der Waals surface area (Å²) in [5, 5.41) is 3.53. The molecule has 0 spiro atoms. The molecule has 1 aliphatic rings. The lowest BCUT2D eigenvalue weighted by Gasteiger charge is -2.21. The third-order valence-corrected chi connectivity index (χ3v) is 3.76. The fourth-order valence-corrected chi connectivity index (χ4v) is 2.64. The summed E-state index contributed by atoms with van der Waals surface area (Å²) in [5.41, 5.74) is 3.69. The van der Waals surface area contributed by atoms with Crippen LogP contribution in [0.1, 0.15) is 24.0 Å². The molecule has 0 aromatic heterocycles. The minimum Gasteiger partial charge on any atom is -0.313 e. The Morgan fingerprint density at radius 1 is 1.40 bits per heavy atom. The van der Waals surface area contributed by atoms with Crippen LogP contribution >= 0.6 is 0 Å². The number of likely N-dealkylation sites (N-methyl/N-ethyl adjacent to an activating group) is 1. The van der Waals surface area contributed by atoms with Crippen LogP contribution < -0.4 is 5.32 Å². The monoisotopic (exact) mass is 270 g/mol. The Morgan fingerprint density at radius 2 is 2.15 bits per heavy atom. The van der Waals surface area contributed by atoms with Gasteiger partial charge in [-0.15, -0.1) is 0 Å². The Bertz CT molecular complexity index is 453. The highest BCUT2D eigenvalue weighted by Crippen LogP contribution is 2.09. The van der Waals surface area contributed by atoms with Gasteiger partial charge in [0.25, 0.3) is 0 Å². The molecular formula is C18H26N2. The normalized spacial score (nSPS) is 19.1. The Morgan fingerprint density at radius 3 is 2.80 bits per heavy atom. The predicted molar refractivity (Wildman–Crippen MR) is 87.9 cm³/mol. The summed E-state index contributed by atoms with van der Waals surface area (Å²) in [6, 6.07) is 9.23. The first-order chi connectivity index (χ1) is 9.63. The lowest BCUT2D eigenvalue weighted by Crippen LogP contribution is -2.35. The van der Waals surface area contributed by atoms with Crippen molar-refractivity contribution >= 4 is 6.08 Å². The molecule has 2 nitrogen and oxygen atoms in total. The van der Waals surface area contributed by atoms with E-state index in [0.717, 1.165) is 18.7 Å². The van der Waals surface area contributed by atoms with Crippen molar-refractivity contribution in [3.05, 3.63) is 53.6 Å². The molecule has 2 heteroatoms. The second-order valence-corrected chi connectivity index (χ2v) is 5.89. The van der Waals surface area contributed by atoms with Gasteiger partial charge in [0, 0.05) is 19.1 Å². The lowest BCUT2D eigenvalue weighted by atomic mass is 10.1. The van der Waals surface area contributed by atoms with Crippen molar-refractivity contribution in [2.45, 2.75) is 25.8 Å². The molecule has 0 aliphatic carbocycles. The van der Waals surface area contributed by atoms with Crippen LogP contribution in [0.25, 0.3) is 6.08 Å². The maximum absolute atomic E-state index is 4.15. The first-order valence-electron chi connectivity index (χ1n) is 7.48. The fraction of sp³-hybridized carbons (Fsp3) is 0.444. The van der Waals surface area contributed by atoms with Crippen molar-refractivity contribution in [3.63, 3.8) is 0 Å². The van der Waals surface area contributed by atoms with Crippen molar-refractivity contribution in [1.29, 1.82) is 0 Å². The van der Waals surface area contributed by atoms with Crippen molar-refractivity contribution in [2.75, 3.05) is 26.7 Å². The molecule has 1 unspecified atom stereocenters. The molecule has 1 N–H and O–H groups in total. The summed E-state index contributed by atoms with van der Waals surface area (Å²) in [5.74, 6) is 0. The third kappa shape index (κ3) is 4.95. The van der Waals surface area contributed by atoms with Crippen LogP contribution in [0, 0.1) is 6.92 Å². The lowest BCUT2D eigenvalue weighted by molar-refractivity contribution is 0.324. The molecule has 0 bridgehead atoms. The third-order valence-electron chi connectivity index (χ3n) is 3.76. The van der Waals surface area contributed by atoms with E-state index < -0.39 is 0 Å². The number of nitrogens with one attached hydrogen (secondary N) is 1. The van der Waals surface area contributed by atoms with E-state index in [0.29, 0.717) is 6.04 Å². The van der Waals surface area contributed by atoms with Crippen molar-refractivity contribution in [2.24, 2.45) is 0 Å². The summed E-state index contributed by atoms with van der Waals surface area (Å²) < 4.78 is 0. The summed E-state index contributed by atoms with van der Waals surface area (Å²) in [4.78, 5) is 2.35. The van der Waals surface area contributed by atoms with Crippen LogP contribution in [0.3, 0.4) is 0 Å². The van der Waals surface area contributed by atoms with Gasteiger partial charge in [-0.3, -0.25) is 0 Å². The zero-order chi connectivity index (χ0) is 14.4. The van der Waals surface area contributed by atoms with Gasteiger partial charge in [-0.05, 0) is 44.5 Å². The molecule has 20 heavy (non-hydrogen) atoms. The Balaban J connectivity index is 1.77. The summed E-state index contributed by atoms with van der Waals surface area (Å²) >= 11 is 0. The van der Waals surface area contributed by atoms with E-state index in [1.165, 1.54) is 30.5 Å². The van der Waals surface area contributed by atoms with Crippen LogP contribution in [0.5, 0.6) is 0 Å². The van der Waals surface area contributed by atoms with Gasteiger partial charge in [0.1, 0.15) is 0 Å². The van der Waals surface area contributed by atoms with Gasteiger partial charge in [0.2, 0.25) is 0 Å². The van der Waals surface area contributed by atoms with Gasteiger partial charge in [-0.25, -0.2) is 0 Å². The van der Waals surface area contributed by atoms with E-state index in [-0.39, 0.29) is 0 Å². The van der Waals surface area contributed by atoms with Crippen molar-refractivity contribution in [1.82, 2.24) is 10.2 Å². The molecular weight excluding hydrogens is 244 g/mol. The fourth-order valence-electron chi connectivity index (χ4n) is 2.64. The highest BCUT2D eigenvalue weighted by atomic mass is 15.1. The van der Waals surface area contributed by atoms with Gasteiger partial charge < -0.3 is 10.2 Å². The van der Waals surface area contributed by atoms with Gasteiger partial charge in [0.15, 0.2) is 0 Å². The maximum atomic E-state index is 4.15. The molecule has 0 saturated carbocycles. The highest BCUT2D eigenvalue weighted by molar-refractivity contribution is 5.53. The predicted octanol–water partition coefficient (Wildman–Crippen LogP) is 3.25. The molecule has 1 aromatic rings. The smallest absolute Gasteiger partial charge is 0.0225 e. The van der Waals surface area contributed by atoms with Crippen LogP contribution in [0.2, 0.25) is 0 Å². The van der Waals surface area contributed by atoms with E-state index in [1.54, 1.807) is 0 Å². The van der Waals surface area contributed by atoms with Crippen molar-refractivity contribution < 1.29 is 0 Å². The van der Waals surface area contributed by atoms with Crippen LogP contribution in [-0.2, 0) is 0 Å². The van der Waals surface area contributed by atoms with E-state index in [9.17, 15) is 0 Å². The van der Waals surface area contributed by atoms with E-state index >= 15 is 0 Å². The van der Waals surface area contributed by atoms with Crippen LogP contribution in [0.4, 0.5) is 0 Å². The quantitative estimate of drug-likeness (QED) is 0.798. The minimum absolute atomic E-state index is 0.661. The number of rotatable bonds is 6. The minimum atomic E-state index is 0.661. The average molecular weight is 270 g/mol. The molecule has 0 amide bonds. The molecule has 1 saturated heterocycles. The molecule has 2 rings (SSSR count). The molecule has 1 heterocycles. The number of hydrogen-bond donors (Lipinski definition) is 1. The Labute approximate surface area is 123 Å². The number of hydrogen-bond acceptors (Lipinski definition) is 2. The summed E-state index contributed by atoms with van der Waals surface area (Å²) in [7, 11) is 2.17. The SMILES string of the molecule is C=C(/C=C/c1ccc(C)cc1)CN(C)CC1CCCN1. The Kier molecular flexibility index (Phi) is 5.57. The summed E-state index contributed by atoms with van der Waals surface area (Å²) in [6.45, 7) is 9.48. The van der Waals surface area contributed by atoms with Gasteiger partial charge in [-0.2, -0.15) is 0 Å². The van der Waals surface area contributed by atoms with Crippen LogP contribution in [0.15, 0.2) is 42.5 Å². The van der Waals surface area contributed by atoms with Gasteiger partial charge in [-0.1, -0.05) is 48.6 Å². The molecule has 1 aliphatic heterocycles. The Hall–Kier alpha value is -1.38. The molecule has 1 fully saturated rings. The zero-order valence-corrected chi connectivity index (χ0v) is 12.7. The largest absolute Gasteiger partial charge is 0.313 e. The second kappa shape index (κ2) is 7.41. The molecule has 1 aromatic carbocycles. The first-order valence-corrected chi connectivity index (χ1v) is 7.48. The molecule has 108 valence electrons. The summed E-state index contributed by atoms with van der Waals surface area (Å²) in [6.07, 6.45) is 6.88. The van der Waals surface area contributed by atoms with E-state index in [2.05, 4.69) is 67.2 Å².